The zero-order valence-corrected chi connectivity index (χ0v) is 13.1. The molecule has 3 aromatic heterocycles. The number of fused-ring (bicyclic) bond motifs is 2. The number of benzene rings is 1. The monoisotopic (exact) mass is 328 g/mol. The third kappa shape index (κ3) is 2.12. The summed E-state index contributed by atoms with van der Waals surface area (Å²) >= 11 is 12.1. The first kappa shape index (κ1) is 13.5. The molecule has 0 atom stereocenters. The highest BCUT2D eigenvalue weighted by atomic mass is 35.5. The van der Waals surface area contributed by atoms with Gasteiger partial charge in [0.05, 0.1) is 11.2 Å². The number of pyridine rings is 1. The lowest BCUT2D eigenvalue weighted by Crippen LogP contribution is -1.93. The first-order chi connectivity index (χ1) is 10.6. The van der Waals surface area contributed by atoms with Crippen LogP contribution in [0.3, 0.4) is 0 Å². The van der Waals surface area contributed by atoms with Crippen molar-refractivity contribution >= 4 is 39.8 Å². The van der Waals surface area contributed by atoms with Crippen molar-refractivity contribution in [2.24, 2.45) is 0 Å². The van der Waals surface area contributed by atoms with E-state index in [-0.39, 0.29) is 0 Å². The van der Waals surface area contributed by atoms with Gasteiger partial charge in [-0.25, -0.2) is 14.5 Å². The minimum absolute atomic E-state index is 0.339. The second-order valence-corrected chi connectivity index (χ2v) is 5.82. The van der Waals surface area contributed by atoms with Gasteiger partial charge in [0, 0.05) is 17.5 Å². The number of aryl methyl sites for hydroxylation is 1. The summed E-state index contributed by atoms with van der Waals surface area (Å²) in [4.78, 5) is 8.90. The summed E-state index contributed by atoms with van der Waals surface area (Å²) < 4.78 is 1.55. The SMILES string of the molecule is Cc1cc(-c2cc3nc(Cl)cc(Cl)n3n2)nc2ccccc12. The lowest BCUT2D eigenvalue weighted by Gasteiger charge is -2.04. The van der Waals surface area contributed by atoms with Crippen molar-refractivity contribution in [3.63, 3.8) is 0 Å². The number of hydrogen-bond donors (Lipinski definition) is 0. The summed E-state index contributed by atoms with van der Waals surface area (Å²) in [6.07, 6.45) is 0. The Balaban J connectivity index is 1.97. The van der Waals surface area contributed by atoms with E-state index in [4.69, 9.17) is 23.2 Å². The van der Waals surface area contributed by atoms with E-state index in [1.54, 1.807) is 10.6 Å². The van der Waals surface area contributed by atoms with Crippen molar-refractivity contribution in [2.75, 3.05) is 0 Å². The van der Waals surface area contributed by atoms with Crippen LogP contribution in [0.15, 0.2) is 42.5 Å². The molecule has 3 heterocycles. The van der Waals surface area contributed by atoms with Gasteiger partial charge in [-0.3, -0.25) is 0 Å². The second kappa shape index (κ2) is 4.93. The molecule has 0 amide bonds. The molecule has 0 radical (unpaired) electrons. The van der Waals surface area contributed by atoms with Gasteiger partial charge in [0.1, 0.15) is 16.0 Å². The van der Waals surface area contributed by atoms with E-state index >= 15 is 0 Å². The van der Waals surface area contributed by atoms with Crippen molar-refractivity contribution in [3.8, 4) is 11.4 Å². The Morgan fingerprint density at radius 2 is 1.77 bits per heavy atom. The van der Waals surface area contributed by atoms with Crippen LogP contribution in [-0.2, 0) is 0 Å². The van der Waals surface area contributed by atoms with Crippen LogP contribution < -0.4 is 0 Å². The lowest BCUT2D eigenvalue weighted by molar-refractivity contribution is 0.942. The first-order valence-electron chi connectivity index (χ1n) is 6.70. The molecule has 1 aromatic carbocycles. The predicted octanol–water partition coefficient (Wildman–Crippen LogP) is 4.56. The van der Waals surface area contributed by atoms with E-state index in [1.165, 1.54) is 0 Å². The van der Waals surface area contributed by atoms with Gasteiger partial charge in [-0.1, -0.05) is 41.4 Å². The van der Waals surface area contributed by atoms with Crippen LogP contribution in [0.1, 0.15) is 5.56 Å². The van der Waals surface area contributed by atoms with Crippen LogP contribution in [0.4, 0.5) is 0 Å². The van der Waals surface area contributed by atoms with E-state index in [1.807, 2.05) is 30.3 Å². The molecule has 6 heteroatoms. The molecule has 0 fully saturated rings. The zero-order chi connectivity index (χ0) is 15.3. The zero-order valence-electron chi connectivity index (χ0n) is 11.6. The summed E-state index contributed by atoms with van der Waals surface area (Å²) in [5.41, 5.74) is 4.18. The van der Waals surface area contributed by atoms with Crippen LogP contribution in [-0.4, -0.2) is 19.6 Å². The lowest BCUT2D eigenvalue weighted by atomic mass is 10.1. The molecular formula is C16H10Cl2N4. The maximum absolute atomic E-state index is 6.15. The Morgan fingerprint density at radius 3 is 2.64 bits per heavy atom. The third-order valence-corrected chi connectivity index (χ3v) is 4.00. The maximum Gasteiger partial charge on any atom is 0.159 e. The van der Waals surface area contributed by atoms with E-state index < -0.39 is 0 Å². The third-order valence-electron chi connectivity index (χ3n) is 3.54. The molecule has 0 N–H and O–H groups in total. The van der Waals surface area contributed by atoms with E-state index in [2.05, 4.69) is 28.1 Å². The van der Waals surface area contributed by atoms with Gasteiger partial charge in [-0.05, 0) is 24.6 Å². The fourth-order valence-electron chi connectivity index (χ4n) is 2.52. The molecule has 0 aliphatic heterocycles. The average molecular weight is 329 g/mol. The molecule has 0 aliphatic rings. The van der Waals surface area contributed by atoms with Gasteiger partial charge in [0.2, 0.25) is 0 Å². The Morgan fingerprint density at radius 1 is 0.955 bits per heavy atom. The van der Waals surface area contributed by atoms with E-state index in [9.17, 15) is 0 Å². The van der Waals surface area contributed by atoms with Crippen LogP contribution in [0, 0.1) is 6.92 Å². The van der Waals surface area contributed by atoms with E-state index in [0.717, 1.165) is 22.2 Å². The fraction of sp³-hybridized carbons (Fsp3) is 0.0625. The van der Waals surface area contributed by atoms with Crippen molar-refractivity contribution in [2.45, 2.75) is 6.92 Å². The summed E-state index contributed by atoms with van der Waals surface area (Å²) in [6.45, 7) is 2.06. The molecule has 0 spiro atoms. The normalized spacial score (nSPS) is 11.4. The molecule has 4 nitrogen and oxygen atoms in total. The molecule has 0 saturated heterocycles. The predicted molar refractivity (Wildman–Crippen MR) is 88.5 cm³/mol. The minimum atomic E-state index is 0.339. The fourth-order valence-corrected chi connectivity index (χ4v) is 2.99. The second-order valence-electron chi connectivity index (χ2n) is 5.04. The number of halogens is 2. The molecule has 22 heavy (non-hydrogen) atoms. The number of rotatable bonds is 1. The molecule has 4 aromatic rings. The summed E-state index contributed by atoms with van der Waals surface area (Å²) in [5, 5.41) is 6.36. The van der Waals surface area contributed by atoms with Gasteiger partial charge < -0.3 is 0 Å². The topological polar surface area (TPSA) is 43.1 Å². The summed E-state index contributed by atoms with van der Waals surface area (Å²) in [6, 6.07) is 13.4. The van der Waals surface area contributed by atoms with Crippen molar-refractivity contribution in [1.29, 1.82) is 0 Å². The van der Waals surface area contributed by atoms with Gasteiger partial charge in [0.15, 0.2) is 5.65 Å². The Bertz CT molecular complexity index is 1020. The molecule has 0 unspecified atom stereocenters. The Kier molecular flexibility index (Phi) is 3.03. The van der Waals surface area contributed by atoms with Crippen LogP contribution in [0.5, 0.6) is 0 Å². The smallest absolute Gasteiger partial charge is 0.159 e. The number of nitrogens with zero attached hydrogens (tertiary/aromatic N) is 4. The minimum Gasteiger partial charge on any atom is -0.246 e. The number of hydrogen-bond acceptors (Lipinski definition) is 3. The van der Waals surface area contributed by atoms with Gasteiger partial charge in [-0.2, -0.15) is 5.10 Å². The van der Waals surface area contributed by atoms with Crippen molar-refractivity contribution in [1.82, 2.24) is 19.6 Å². The quantitative estimate of drug-likeness (QED) is 0.481. The Hall–Kier alpha value is -2.17. The van der Waals surface area contributed by atoms with Crippen LogP contribution in [0.25, 0.3) is 27.9 Å². The molecule has 0 saturated carbocycles. The average Bonchev–Trinajstić information content (AvgIpc) is 2.91. The number of para-hydroxylation sites is 1. The van der Waals surface area contributed by atoms with Crippen LogP contribution >= 0.6 is 23.2 Å². The molecule has 0 bridgehead atoms. The highest BCUT2D eigenvalue weighted by molar-refractivity contribution is 6.33. The van der Waals surface area contributed by atoms with Crippen LogP contribution in [0.2, 0.25) is 10.3 Å². The molecule has 108 valence electrons. The first-order valence-corrected chi connectivity index (χ1v) is 7.46. The maximum atomic E-state index is 6.15. The summed E-state index contributed by atoms with van der Waals surface area (Å²) in [7, 11) is 0. The largest absolute Gasteiger partial charge is 0.246 e. The van der Waals surface area contributed by atoms with Gasteiger partial charge >= 0.3 is 0 Å². The van der Waals surface area contributed by atoms with E-state index in [0.29, 0.717) is 21.6 Å². The highest BCUT2D eigenvalue weighted by Crippen LogP contribution is 2.25. The number of aromatic nitrogens is 4. The van der Waals surface area contributed by atoms with Gasteiger partial charge in [0.25, 0.3) is 0 Å². The summed E-state index contributed by atoms with van der Waals surface area (Å²) in [5.74, 6) is 0. The van der Waals surface area contributed by atoms with Crippen molar-refractivity contribution in [3.05, 3.63) is 58.3 Å². The van der Waals surface area contributed by atoms with Gasteiger partial charge in [-0.15, -0.1) is 0 Å². The molecular weight excluding hydrogens is 319 g/mol. The Labute approximate surface area is 136 Å². The standard InChI is InChI=1S/C16H10Cl2N4/c1-9-6-12(19-11-5-3-2-4-10(9)11)13-7-16-20-14(17)8-15(18)22(16)21-13/h2-8H,1H3. The molecule has 4 rings (SSSR count). The van der Waals surface area contributed by atoms with Crippen molar-refractivity contribution < 1.29 is 0 Å². The highest BCUT2D eigenvalue weighted by Gasteiger charge is 2.11. The molecule has 0 aliphatic carbocycles.